The van der Waals surface area contributed by atoms with Gasteiger partial charge in [-0.3, -0.25) is 4.79 Å². The molecule has 0 aromatic carbocycles. The number of nitrogens with one attached hydrogen (secondary N) is 1. The molecule has 2 rings (SSSR count). The summed E-state index contributed by atoms with van der Waals surface area (Å²) in [6, 6.07) is 2.29. The number of hydrogen-bond acceptors (Lipinski definition) is 4. The number of thiophene rings is 1. The lowest BCUT2D eigenvalue weighted by Gasteiger charge is -2.25. The van der Waals surface area contributed by atoms with Gasteiger partial charge >= 0.3 is 0 Å². The number of hydrogen-bond donors (Lipinski definition) is 1. The second kappa shape index (κ2) is 6.91. The number of ether oxygens (including phenoxy) is 1. The molecule has 106 valence electrons. The van der Waals surface area contributed by atoms with Crippen molar-refractivity contribution in [2.24, 2.45) is 0 Å². The summed E-state index contributed by atoms with van der Waals surface area (Å²) >= 11 is 1.46. The molecule has 0 aliphatic carbocycles. The molecule has 19 heavy (non-hydrogen) atoms. The van der Waals surface area contributed by atoms with E-state index in [4.69, 9.17) is 4.74 Å². The Morgan fingerprint density at radius 3 is 3.05 bits per heavy atom. The molecule has 1 saturated heterocycles. The molecular formula is C14H22N2O2S. The van der Waals surface area contributed by atoms with Crippen molar-refractivity contribution in [3.63, 3.8) is 0 Å². The van der Waals surface area contributed by atoms with Crippen LogP contribution in [0.2, 0.25) is 0 Å². The third-order valence-corrected chi connectivity index (χ3v) is 4.30. The summed E-state index contributed by atoms with van der Waals surface area (Å²) in [5, 5.41) is 5.33. The third-order valence-electron chi connectivity index (χ3n) is 3.41. The second-order valence-electron chi connectivity index (χ2n) is 4.90. The van der Waals surface area contributed by atoms with Crippen LogP contribution < -0.4 is 10.1 Å². The first-order valence-electron chi connectivity index (χ1n) is 6.89. The molecule has 1 aliphatic heterocycles. The summed E-state index contributed by atoms with van der Waals surface area (Å²) in [6.07, 6.45) is 3.37. The number of methoxy groups -OCH3 is 1. The van der Waals surface area contributed by atoms with Crippen molar-refractivity contribution in [1.82, 2.24) is 10.2 Å². The van der Waals surface area contributed by atoms with Crippen molar-refractivity contribution in [2.75, 3.05) is 26.7 Å². The van der Waals surface area contributed by atoms with Crippen LogP contribution in [0, 0.1) is 0 Å². The van der Waals surface area contributed by atoms with Gasteiger partial charge in [-0.2, -0.15) is 0 Å². The van der Waals surface area contributed by atoms with Gasteiger partial charge in [0.05, 0.1) is 12.0 Å². The van der Waals surface area contributed by atoms with Gasteiger partial charge in [-0.15, -0.1) is 11.3 Å². The third kappa shape index (κ3) is 3.70. The maximum Gasteiger partial charge on any atom is 0.264 e. The molecule has 1 atom stereocenters. The quantitative estimate of drug-likeness (QED) is 0.871. The number of carbonyl (C=O) groups excluding carboxylic acids is 1. The molecule has 1 aromatic rings. The summed E-state index contributed by atoms with van der Waals surface area (Å²) in [5.74, 6) is 0.896. The normalized spacial score (nSPS) is 18.5. The van der Waals surface area contributed by atoms with Gasteiger partial charge in [0.1, 0.15) is 5.75 Å². The van der Waals surface area contributed by atoms with E-state index in [0.717, 1.165) is 36.7 Å². The monoisotopic (exact) mass is 282 g/mol. The Bertz CT molecular complexity index is 413. The number of rotatable bonds is 6. The SMILES string of the molecule is CCCN(CC1CCCN1)C(=O)c1cc(OC)cs1. The molecule has 1 aliphatic rings. The van der Waals surface area contributed by atoms with E-state index >= 15 is 0 Å². The minimum absolute atomic E-state index is 0.129. The Hall–Kier alpha value is -1.07. The van der Waals surface area contributed by atoms with Gasteiger partial charge < -0.3 is 15.0 Å². The summed E-state index contributed by atoms with van der Waals surface area (Å²) in [6.45, 7) is 4.81. The molecule has 0 saturated carbocycles. The molecule has 4 nitrogen and oxygen atoms in total. The first-order valence-corrected chi connectivity index (χ1v) is 7.77. The van der Waals surface area contributed by atoms with Gasteiger partial charge in [-0.1, -0.05) is 6.92 Å². The molecule has 1 aromatic heterocycles. The molecule has 1 fully saturated rings. The van der Waals surface area contributed by atoms with E-state index in [-0.39, 0.29) is 5.91 Å². The second-order valence-corrected chi connectivity index (χ2v) is 5.81. The molecular weight excluding hydrogens is 260 g/mol. The molecule has 5 heteroatoms. The lowest BCUT2D eigenvalue weighted by molar-refractivity contribution is 0.0746. The van der Waals surface area contributed by atoms with Crippen LogP contribution in [0.25, 0.3) is 0 Å². The summed E-state index contributed by atoms with van der Waals surface area (Å²) in [4.78, 5) is 15.2. The van der Waals surface area contributed by atoms with Gasteiger partial charge in [0, 0.05) is 30.6 Å². The van der Waals surface area contributed by atoms with Crippen LogP contribution in [0.1, 0.15) is 35.9 Å². The maximum atomic E-state index is 12.5. The minimum Gasteiger partial charge on any atom is -0.496 e. The average Bonchev–Trinajstić information content (AvgIpc) is 3.08. The van der Waals surface area contributed by atoms with Crippen LogP contribution in [0.5, 0.6) is 5.75 Å². The van der Waals surface area contributed by atoms with Gasteiger partial charge in [0.2, 0.25) is 0 Å². The van der Waals surface area contributed by atoms with E-state index in [9.17, 15) is 4.79 Å². The Morgan fingerprint density at radius 1 is 1.63 bits per heavy atom. The highest BCUT2D eigenvalue weighted by atomic mass is 32.1. The van der Waals surface area contributed by atoms with Crippen LogP contribution in [0.15, 0.2) is 11.4 Å². The van der Waals surface area contributed by atoms with Crippen LogP contribution >= 0.6 is 11.3 Å². The van der Waals surface area contributed by atoms with Crippen LogP contribution in [-0.4, -0.2) is 43.6 Å². The summed E-state index contributed by atoms with van der Waals surface area (Å²) in [5.41, 5.74) is 0. The zero-order valence-corrected chi connectivity index (χ0v) is 12.5. The number of amides is 1. The Labute approximate surface area is 118 Å². The number of nitrogens with zero attached hydrogens (tertiary/aromatic N) is 1. The average molecular weight is 282 g/mol. The van der Waals surface area contributed by atoms with E-state index in [2.05, 4.69) is 12.2 Å². The lowest BCUT2D eigenvalue weighted by Crippen LogP contribution is -2.41. The van der Waals surface area contributed by atoms with E-state index in [1.165, 1.54) is 24.2 Å². The molecule has 1 amide bonds. The predicted molar refractivity (Wildman–Crippen MR) is 78.1 cm³/mol. The molecule has 1 unspecified atom stereocenters. The standard InChI is InChI=1S/C14H22N2O2S/c1-3-7-16(9-11-5-4-6-15-11)14(17)13-8-12(18-2)10-19-13/h8,10-11,15H,3-7,9H2,1-2H3. The summed E-state index contributed by atoms with van der Waals surface area (Å²) < 4.78 is 5.15. The van der Waals surface area contributed by atoms with Crippen LogP contribution in [-0.2, 0) is 0 Å². The summed E-state index contributed by atoms with van der Waals surface area (Å²) in [7, 11) is 1.63. The Kier molecular flexibility index (Phi) is 5.22. The molecule has 0 bridgehead atoms. The lowest BCUT2D eigenvalue weighted by atomic mass is 10.2. The van der Waals surface area contributed by atoms with Gasteiger partial charge in [0.15, 0.2) is 0 Å². The van der Waals surface area contributed by atoms with E-state index in [1.807, 2.05) is 16.3 Å². The zero-order valence-electron chi connectivity index (χ0n) is 11.6. The van der Waals surface area contributed by atoms with Gasteiger partial charge in [-0.25, -0.2) is 0 Å². The van der Waals surface area contributed by atoms with Crippen molar-refractivity contribution in [2.45, 2.75) is 32.2 Å². The smallest absolute Gasteiger partial charge is 0.264 e. The molecule has 1 N–H and O–H groups in total. The fraction of sp³-hybridized carbons (Fsp3) is 0.643. The first-order chi connectivity index (χ1) is 9.24. The van der Waals surface area contributed by atoms with Gasteiger partial charge in [0.25, 0.3) is 5.91 Å². The van der Waals surface area contributed by atoms with E-state index in [1.54, 1.807) is 7.11 Å². The van der Waals surface area contributed by atoms with Crippen molar-refractivity contribution >= 4 is 17.2 Å². The minimum atomic E-state index is 0.129. The zero-order chi connectivity index (χ0) is 13.7. The molecule has 0 radical (unpaired) electrons. The number of carbonyl (C=O) groups is 1. The van der Waals surface area contributed by atoms with Crippen molar-refractivity contribution in [3.8, 4) is 5.75 Å². The maximum absolute atomic E-state index is 12.5. The largest absolute Gasteiger partial charge is 0.496 e. The highest BCUT2D eigenvalue weighted by Gasteiger charge is 2.22. The first kappa shape index (κ1) is 14.3. The Morgan fingerprint density at radius 2 is 2.47 bits per heavy atom. The fourth-order valence-electron chi connectivity index (χ4n) is 2.42. The molecule has 2 heterocycles. The van der Waals surface area contributed by atoms with Crippen molar-refractivity contribution in [1.29, 1.82) is 0 Å². The van der Waals surface area contributed by atoms with Crippen LogP contribution in [0.3, 0.4) is 0 Å². The highest BCUT2D eigenvalue weighted by Crippen LogP contribution is 2.23. The topological polar surface area (TPSA) is 41.6 Å². The Balaban J connectivity index is 2.02. The molecule has 0 spiro atoms. The van der Waals surface area contributed by atoms with E-state index < -0.39 is 0 Å². The fourth-order valence-corrected chi connectivity index (χ4v) is 3.24. The predicted octanol–water partition coefficient (Wildman–Crippen LogP) is 2.36. The van der Waals surface area contributed by atoms with Crippen LogP contribution in [0.4, 0.5) is 0 Å². The van der Waals surface area contributed by atoms with E-state index in [0.29, 0.717) is 6.04 Å². The van der Waals surface area contributed by atoms with Crippen molar-refractivity contribution in [3.05, 3.63) is 16.3 Å². The highest BCUT2D eigenvalue weighted by molar-refractivity contribution is 7.12. The van der Waals surface area contributed by atoms with Gasteiger partial charge in [-0.05, 0) is 25.8 Å². The van der Waals surface area contributed by atoms with Crippen molar-refractivity contribution < 1.29 is 9.53 Å².